The van der Waals surface area contributed by atoms with E-state index in [9.17, 15) is 0 Å². The summed E-state index contributed by atoms with van der Waals surface area (Å²) in [5, 5.41) is 0. The van der Waals surface area contributed by atoms with E-state index in [1.54, 1.807) is 0 Å². The monoisotopic (exact) mass is 392 g/mol. The molecule has 1 rings (SSSR count). The molecule has 0 nitrogen and oxygen atoms in total. The van der Waals surface area contributed by atoms with Crippen molar-refractivity contribution in [3.63, 3.8) is 0 Å². The number of hydrogen-bond acceptors (Lipinski definition) is 0. The second kappa shape index (κ2) is 9.87. The molecule has 5 atom stereocenters. The normalized spacial score (nSPS) is 28.6. The molecule has 0 saturated heterocycles. The van der Waals surface area contributed by atoms with Crippen LogP contribution in [0.5, 0.6) is 0 Å². The predicted molar refractivity (Wildman–Crippen MR) is 129 cm³/mol. The average molecular weight is 393 g/mol. The minimum absolute atomic E-state index is 0.323. The Kier molecular flexibility index (Phi) is 9.18. The molecule has 0 amide bonds. The van der Waals surface area contributed by atoms with Crippen molar-refractivity contribution in [3.8, 4) is 0 Å². The summed E-state index contributed by atoms with van der Waals surface area (Å²) in [6.45, 7) is 29.9. The Bertz CT molecular complexity index is 453. The number of rotatable bonds is 10. The zero-order chi connectivity index (χ0) is 21.9. The molecule has 1 saturated carbocycles. The van der Waals surface area contributed by atoms with Crippen LogP contribution in [0, 0.1) is 51.8 Å². The molecule has 168 valence electrons. The molecule has 0 spiro atoms. The summed E-state index contributed by atoms with van der Waals surface area (Å²) < 4.78 is 0. The molecular weight excluding hydrogens is 336 g/mol. The zero-order valence-corrected chi connectivity index (χ0v) is 21.9. The van der Waals surface area contributed by atoms with Crippen molar-refractivity contribution in [1.82, 2.24) is 0 Å². The molecule has 1 aliphatic carbocycles. The minimum atomic E-state index is 0.323. The molecule has 0 aromatic carbocycles. The van der Waals surface area contributed by atoms with Crippen LogP contribution >= 0.6 is 0 Å². The summed E-state index contributed by atoms with van der Waals surface area (Å²) in [6.07, 6.45) is 9.90. The van der Waals surface area contributed by atoms with Crippen molar-refractivity contribution in [2.75, 3.05) is 0 Å². The lowest BCUT2D eigenvalue weighted by atomic mass is 9.50. The first-order valence-corrected chi connectivity index (χ1v) is 12.7. The Labute approximate surface area is 180 Å². The lowest BCUT2D eigenvalue weighted by Gasteiger charge is -2.55. The third kappa shape index (κ3) is 5.18. The van der Waals surface area contributed by atoms with Crippen LogP contribution in [0.1, 0.15) is 128 Å². The number of hydrogen-bond donors (Lipinski definition) is 0. The SMILES string of the molecule is CCCC(CCC(C)(C)C(C)(C)C(C)(C)C(C)C)C1CCC(C)C(CC)C1C. The predicted octanol–water partition coefficient (Wildman–Crippen LogP) is 9.63. The standard InChI is InChI=1S/C28H56/c1-13-15-23(25-17-16-21(5)24(14-2)22(25)6)18-19-26(7,8)28(11,12)27(9,10)20(3)4/h20-25H,13-19H2,1-12H3. The van der Waals surface area contributed by atoms with Gasteiger partial charge in [-0.05, 0) is 71.0 Å². The van der Waals surface area contributed by atoms with Crippen LogP contribution in [0.4, 0.5) is 0 Å². The van der Waals surface area contributed by atoms with E-state index in [4.69, 9.17) is 0 Å². The fraction of sp³-hybridized carbons (Fsp3) is 1.00. The van der Waals surface area contributed by atoms with Crippen molar-refractivity contribution in [1.29, 1.82) is 0 Å². The molecule has 0 bridgehead atoms. The summed E-state index contributed by atoms with van der Waals surface area (Å²) in [7, 11) is 0. The van der Waals surface area contributed by atoms with E-state index in [-0.39, 0.29) is 0 Å². The van der Waals surface area contributed by atoms with Crippen LogP contribution in [0.3, 0.4) is 0 Å². The average Bonchev–Trinajstić information content (AvgIpc) is 2.59. The van der Waals surface area contributed by atoms with Gasteiger partial charge in [0, 0.05) is 0 Å². The second-order valence-electron chi connectivity index (χ2n) is 12.6. The summed E-state index contributed by atoms with van der Waals surface area (Å²) >= 11 is 0. The Hall–Kier alpha value is 0. The first kappa shape index (κ1) is 26.0. The lowest BCUT2D eigenvalue weighted by molar-refractivity contribution is -0.0589. The van der Waals surface area contributed by atoms with E-state index in [0.717, 1.165) is 29.6 Å². The maximum Gasteiger partial charge on any atom is -0.0249 e. The van der Waals surface area contributed by atoms with Crippen LogP contribution in [0.15, 0.2) is 0 Å². The highest BCUT2D eigenvalue weighted by atomic mass is 14.5. The van der Waals surface area contributed by atoms with Crippen molar-refractivity contribution >= 4 is 0 Å². The molecule has 0 N–H and O–H groups in total. The smallest absolute Gasteiger partial charge is 0.0249 e. The zero-order valence-electron chi connectivity index (χ0n) is 21.9. The highest BCUT2D eigenvalue weighted by Crippen LogP contribution is 2.57. The van der Waals surface area contributed by atoms with E-state index < -0.39 is 0 Å². The minimum Gasteiger partial charge on any atom is -0.0654 e. The van der Waals surface area contributed by atoms with Crippen LogP contribution in [0.2, 0.25) is 0 Å². The van der Waals surface area contributed by atoms with Gasteiger partial charge in [-0.25, -0.2) is 0 Å². The van der Waals surface area contributed by atoms with Gasteiger partial charge in [0.15, 0.2) is 0 Å². The third-order valence-electron chi connectivity index (χ3n) is 10.7. The maximum absolute atomic E-state index is 2.59. The molecule has 0 aliphatic heterocycles. The van der Waals surface area contributed by atoms with E-state index >= 15 is 0 Å². The fourth-order valence-electron chi connectivity index (χ4n) is 6.60. The van der Waals surface area contributed by atoms with Gasteiger partial charge >= 0.3 is 0 Å². The Morgan fingerprint density at radius 1 is 0.857 bits per heavy atom. The summed E-state index contributed by atoms with van der Waals surface area (Å²) in [5.41, 5.74) is 1.03. The molecule has 0 aromatic heterocycles. The molecule has 0 radical (unpaired) electrons. The van der Waals surface area contributed by atoms with Crippen molar-refractivity contribution in [2.24, 2.45) is 51.8 Å². The van der Waals surface area contributed by atoms with Gasteiger partial charge in [-0.15, -0.1) is 0 Å². The fourth-order valence-corrected chi connectivity index (χ4v) is 6.60. The molecule has 1 fully saturated rings. The van der Waals surface area contributed by atoms with E-state index in [0.29, 0.717) is 22.2 Å². The Balaban J connectivity index is 2.95. The van der Waals surface area contributed by atoms with Gasteiger partial charge in [0.1, 0.15) is 0 Å². The van der Waals surface area contributed by atoms with Crippen molar-refractivity contribution in [2.45, 2.75) is 128 Å². The summed E-state index contributed by atoms with van der Waals surface area (Å²) in [5.74, 6) is 5.38. The van der Waals surface area contributed by atoms with Gasteiger partial charge in [-0.1, -0.05) is 109 Å². The largest absolute Gasteiger partial charge is 0.0654 e. The van der Waals surface area contributed by atoms with Gasteiger partial charge < -0.3 is 0 Å². The van der Waals surface area contributed by atoms with E-state index in [1.807, 2.05) is 0 Å². The Morgan fingerprint density at radius 3 is 1.89 bits per heavy atom. The summed E-state index contributed by atoms with van der Waals surface area (Å²) in [4.78, 5) is 0. The van der Waals surface area contributed by atoms with Crippen LogP contribution in [0.25, 0.3) is 0 Å². The molecular formula is C28H56. The van der Waals surface area contributed by atoms with Gasteiger partial charge in [-0.3, -0.25) is 0 Å². The first-order chi connectivity index (χ1) is 12.7. The van der Waals surface area contributed by atoms with Crippen LogP contribution < -0.4 is 0 Å². The van der Waals surface area contributed by atoms with Gasteiger partial charge in [-0.2, -0.15) is 0 Å². The van der Waals surface area contributed by atoms with Crippen LogP contribution in [-0.2, 0) is 0 Å². The molecule has 5 unspecified atom stereocenters. The quantitative estimate of drug-likeness (QED) is 0.347. The summed E-state index contributed by atoms with van der Waals surface area (Å²) in [6, 6.07) is 0. The molecule has 1 aliphatic rings. The first-order valence-electron chi connectivity index (χ1n) is 12.7. The maximum atomic E-state index is 2.59. The highest BCUT2D eigenvalue weighted by Gasteiger charge is 2.49. The second-order valence-corrected chi connectivity index (χ2v) is 12.6. The van der Waals surface area contributed by atoms with E-state index in [2.05, 4.69) is 83.1 Å². The van der Waals surface area contributed by atoms with Crippen molar-refractivity contribution in [3.05, 3.63) is 0 Å². The van der Waals surface area contributed by atoms with E-state index in [1.165, 1.54) is 44.9 Å². The molecule has 0 aromatic rings. The Morgan fingerprint density at radius 2 is 1.43 bits per heavy atom. The highest BCUT2D eigenvalue weighted by molar-refractivity contribution is 4.98. The van der Waals surface area contributed by atoms with Gasteiger partial charge in [0.25, 0.3) is 0 Å². The third-order valence-corrected chi connectivity index (χ3v) is 10.7. The van der Waals surface area contributed by atoms with Gasteiger partial charge in [0.05, 0.1) is 0 Å². The van der Waals surface area contributed by atoms with Gasteiger partial charge in [0.2, 0.25) is 0 Å². The lowest BCUT2D eigenvalue weighted by Crippen LogP contribution is -2.47. The molecule has 0 heteroatoms. The molecule has 0 heterocycles. The topological polar surface area (TPSA) is 0 Å². The molecule has 28 heavy (non-hydrogen) atoms. The van der Waals surface area contributed by atoms with Crippen molar-refractivity contribution < 1.29 is 0 Å². The van der Waals surface area contributed by atoms with Crippen LogP contribution in [-0.4, -0.2) is 0 Å².